The zero-order valence-corrected chi connectivity index (χ0v) is 23.7. The minimum Gasteiger partial charge on any atom is -0.469 e. The molecule has 3 N–H and O–H groups in total. The smallest absolute Gasteiger partial charge is 0.408 e. The van der Waals surface area contributed by atoms with E-state index in [1.807, 2.05) is 0 Å². The van der Waals surface area contributed by atoms with Crippen LogP contribution in [0, 0.1) is 0 Å². The van der Waals surface area contributed by atoms with Crippen LogP contribution in [-0.2, 0) is 39.8 Å². The van der Waals surface area contributed by atoms with Crippen LogP contribution in [0.1, 0.15) is 53.5 Å². The normalized spacial score (nSPS) is 16.8. The largest absolute Gasteiger partial charge is 0.469 e. The molecular weight excluding hydrogens is 508 g/mol. The Morgan fingerprint density at radius 3 is 2.10 bits per heavy atom. The van der Waals surface area contributed by atoms with Gasteiger partial charge in [-0.2, -0.15) is 0 Å². The van der Waals surface area contributed by atoms with Gasteiger partial charge in [0.1, 0.15) is 29.8 Å². The molecule has 1 saturated heterocycles. The quantitative estimate of drug-likeness (QED) is 0.280. The maximum Gasteiger partial charge on any atom is 0.408 e. The summed E-state index contributed by atoms with van der Waals surface area (Å²) in [5, 5.41) is 2.61. The Morgan fingerprint density at radius 2 is 1.56 bits per heavy atom. The van der Waals surface area contributed by atoms with E-state index in [0.29, 0.717) is 11.3 Å². The van der Waals surface area contributed by atoms with Gasteiger partial charge >= 0.3 is 18.0 Å². The standard InChI is InChI=1S/C27H40N4O8/c1-26(2,3)38-22(33)16-30-12-13-31(20(24(30)35)15-21(32)37-7)23(34)19(29-25(36)39-27(4,5)6)14-17-8-10-18(28)11-9-17/h8-11,19-20H,12-16,28H2,1-7H3,(H,29,36)/t19-,20-/m0/s1. The van der Waals surface area contributed by atoms with Crippen LogP contribution in [0.15, 0.2) is 24.3 Å². The summed E-state index contributed by atoms with van der Waals surface area (Å²) in [5.41, 5.74) is 5.46. The van der Waals surface area contributed by atoms with Crippen LogP contribution in [0.5, 0.6) is 0 Å². The number of nitrogens with zero attached hydrogens (tertiary/aromatic N) is 2. The number of amides is 3. The van der Waals surface area contributed by atoms with Gasteiger partial charge in [0.25, 0.3) is 0 Å². The molecule has 3 amide bonds. The number of esters is 2. The lowest BCUT2D eigenvalue weighted by Gasteiger charge is -2.41. The summed E-state index contributed by atoms with van der Waals surface area (Å²) < 4.78 is 15.4. The molecule has 2 rings (SSSR count). The van der Waals surface area contributed by atoms with Crippen LogP contribution in [0.2, 0.25) is 0 Å². The predicted molar refractivity (Wildman–Crippen MR) is 142 cm³/mol. The van der Waals surface area contributed by atoms with Crippen molar-refractivity contribution in [3.05, 3.63) is 29.8 Å². The van der Waals surface area contributed by atoms with Gasteiger partial charge in [0.15, 0.2) is 0 Å². The number of carbonyl (C=O) groups is 5. The monoisotopic (exact) mass is 548 g/mol. The second kappa shape index (κ2) is 12.8. The molecule has 1 aliphatic heterocycles. The summed E-state index contributed by atoms with van der Waals surface area (Å²) in [6.45, 7) is 9.93. The van der Waals surface area contributed by atoms with E-state index in [1.165, 1.54) is 16.9 Å². The van der Waals surface area contributed by atoms with Crippen LogP contribution >= 0.6 is 0 Å². The van der Waals surface area contributed by atoms with Crippen molar-refractivity contribution in [2.24, 2.45) is 0 Å². The molecule has 1 aliphatic rings. The molecule has 0 unspecified atom stereocenters. The van der Waals surface area contributed by atoms with Crippen molar-refractivity contribution in [3.8, 4) is 0 Å². The molecule has 216 valence electrons. The number of piperazine rings is 1. The number of nitrogen functional groups attached to an aromatic ring is 1. The van der Waals surface area contributed by atoms with E-state index in [-0.39, 0.29) is 26.1 Å². The Balaban J connectivity index is 2.33. The highest BCUT2D eigenvalue weighted by Gasteiger charge is 2.42. The highest BCUT2D eigenvalue weighted by Crippen LogP contribution is 2.20. The number of methoxy groups -OCH3 is 1. The average molecular weight is 549 g/mol. The Hall–Kier alpha value is -3.83. The zero-order valence-electron chi connectivity index (χ0n) is 23.7. The van der Waals surface area contributed by atoms with Crippen LogP contribution in [0.4, 0.5) is 10.5 Å². The molecule has 0 aliphatic carbocycles. The lowest BCUT2D eigenvalue weighted by molar-refractivity contribution is -0.164. The summed E-state index contributed by atoms with van der Waals surface area (Å²) in [6.07, 6.45) is -1.15. The predicted octanol–water partition coefficient (Wildman–Crippen LogP) is 1.65. The van der Waals surface area contributed by atoms with E-state index in [9.17, 15) is 24.0 Å². The van der Waals surface area contributed by atoms with Crippen molar-refractivity contribution in [3.63, 3.8) is 0 Å². The summed E-state index contributed by atoms with van der Waals surface area (Å²) in [5.74, 6) is -2.51. The van der Waals surface area contributed by atoms with Crippen molar-refractivity contribution >= 4 is 35.5 Å². The van der Waals surface area contributed by atoms with Crippen LogP contribution in [0.25, 0.3) is 0 Å². The molecule has 39 heavy (non-hydrogen) atoms. The maximum absolute atomic E-state index is 13.8. The maximum atomic E-state index is 13.8. The highest BCUT2D eigenvalue weighted by atomic mass is 16.6. The number of ether oxygens (including phenoxy) is 3. The van der Waals surface area contributed by atoms with E-state index in [2.05, 4.69) is 5.32 Å². The second-order valence-corrected chi connectivity index (χ2v) is 11.3. The first kappa shape index (κ1) is 31.4. The molecule has 12 heteroatoms. The van der Waals surface area contributed by atoms with Crippen molar-refractivity contribution in [2.75, 3.05) is 32.5 Å². The fourth-order valence-corrected chi connectivity index (χ4v) is 3.97. The molecule has 1 fully saturated rings. The molecule has 2 atom stereocenters. The molecule has 1 aromatic carbocycles. The van der Waals surface area contributed by atoms with Gasteiger partial charge in [0, 0.05) is 25.2 Å². The number of hydrogen-bond donors (Lipinski definition) is 2. The fraction of sp³-hybridized carbons (Fsp3) is 0.593. The number of hydrogen-bond acceptors (Lipinski definition) is 9. The lowest BCUT2D eigenvalue weighted by Crippen LogP contribution is -2.63. The zero-order chi connectivity index (χ0) is 29.5. The van der Waals surface area contributed by atoms with Crippen molar-refractivity contribution < 1.29 is 38.2 Å². The molecule has 0 radical (unpaired) electrons. The molecule has 12 nitrogen and oxygen atoms in total. The Kier molecular flexibility index (Phi) is 10.3. The Morgan fingerprint density at radius 1 is 0.974 bits per heavy atom. The van der Waals surface area contributed by atoms with Gasteiger partial charge in [-0.05, 0) is 59.2 Å². The van der Waals surface area contributed by atoms with Crippen molar-refractivity contribution in [1.82, 2.24) is 15.1 Å². The minimum absolute atomic E-state index is 0.0171. The fourth-order valence-electron chi connectivity index (χ4n) is 3.97. The number of carbonyl (C=O) groups excluding carboxylic acids is 5. The van der Waals surface area contributed by atoms with Gasteiger partial charge in [0.05, 0.1) is 13.5 Å². The first-order valence-electron chi connectivity index (χ1n) is 12.7. The highest BCUT2D eigenvalue weighted by molar-refractivity contribution is 5.95. The SMILES string of the molecule is COC(=O)C[C@H]1C(=O)N(CC(=O)OC(C)(C)C)CCN1C(=O)[C@H](Cc1ccc(N)cc1)NC(=O)OC(C)(C)C. The van der Waals surface area contributed by atoms with E-state index >= 15 is 0 Å². The first-order chi connectivity index (χ1) is 18.0. The Labute approximate surface area is 229 Å². The van der Waals surface area contributed by atoms with Gasteiger partial charge in [-0.25, -0.2) is 4.79 Å². The van der Waals surface area contributed by atoms with Gasteiger partial charge < -0.3 is 35.1 Å². The lowest BCUT2D eigenvalue weighted by atomic mass is 10.0. The van der Waals surface area contributed by atoms with Gasteiger partial charge in [-0.15, -0.1) is 0 Å². The number of benzene rings is 1. The molecule has 0 spiro atoms. The summed E-state index contributed by atoms with van der Waals surface area (Å²) >= 11 is 0. The molecule has 0 bridgehead atoms. The van der Waals surface area contributed by atoms with E-state index < -0.39 is 59.6 Å². The topological polar surface area (TPSA) is 158 Å². The Bertz CT molecular complexity index is 1060. The second-order valence-electron chi connectivity index (χ2n) is 11.3. The summed E-state index contributed by atoms with van der Waals surface area (Å²) in [6, 6.07) is 4.43. The molecule has 0 aromatic heterocycles. The van der Waals surface area contributed by atoms with Crippen LogP contribution in [-0.4, -0.2) is 89.7 Å². The van der Waals surface area contributed by atoms with Crippen LogP contribution in [0.3, 0.4) is 0 Å². The van der Waals surface area contributed by atoms with Gasteiger partial charge in [-0.3, -0.25) is 19.2 Å². The summed E-state index contributed by atoms with van der Waals surface area (Å²) in [4.78, 5) is 67.0. The van der Waals surface area contributed by atoms with Crippen LogP contribution < -0.4 is 11.1 Å². The third-order valence-corrected chi connectivity index (χ3v) is 5.60. The number of nitrogens with one attached hydrogen (secondary N) is 1. The molecule has 0 saturated carbocycles. The third kappa shape index (κ3) is 10.1. The number of alkyl carbamates (subject to hydrolysis) is 1. The number of rotatable bonds is 8. The van der Waals surface area contributed by atoms with Gasteiger partial charge in [-0.1, -0.05) is 12.1 Å². The van der Waals surface area contributed by atoms with Crippen molar-refractivity contribution in [1.29, 1.82) is 0 Å². The van der Waals surface area contributed by atoms with E-state index in [1.54, 1.807) is 65.8 Å². The molecule has 1 aromatic rings. The van der Waals surface area contributed by atoms with Gasteiger partial charge in [0.2, 0.25) is 11.8 Å². The molecule has 1 heterocycles. The van der Waals surface area contributed by atoms with Crippen molar-refractivity contribution in [2.45, 2.75) is 77.7 Å². The molecular formula is C27H40N4O8. The third-order valence-electron chi connectivity index (χ3n) is 5.60. The number of nitrogens with two attached hydrogens (primary N) is 1. The minimum atomic E-state index is -1.24. The number of anilines is 1. The first-order valence-corrected chi connectivity index (χ1v) is 12.7. The average Bonchev–Trinajstić information content (AvgIpc) is 2.79. The van der Waals surface area contributed by atoms with E-state index in [0.717, 1.165) is 0 Å². The van der Waals surface area contributed by atoms with E-state index in [4.69, 9.17) is 19.9 Å². The summed E-state index contributed by atoms with van der Waals surface area (Å²) in [7, 11) is 1.17.